The van der Waals surface area contributed by atoms with E-state index in [0.717, 1.165) is 74.4 Å². The highest BCUT2D eigenvalue weighted by molar-refractivity contribution is 5.96. The van der Waals surface area contributed by atoms with E-state index in [-0.39, 0.29) is 11.4 Å². The summed E-state index contributed by atoms with van der Waals surface area (Å²) in [5.41, 5.74) is 1.83. The third kappa shape index (κ3) is 3.37. The number of fused-ring (bicyclic) bond motifs is 4. The molecular weight excluding hydrogens is 404 g/mol. The molecule has 2 aliphatic heterocycles. The highest BCUT2D eigenvalue weighted by Crippen LogP contribution is 2.45. The van der Waals surface area contributed by atoms with Crippen LogP contribution in [0, 0.1) is 0 Å². The van der Waals surface area contributed by atoms with Gasteiger partial charge in [-0.2, -0.15) is 4.98 Å². The highest BCUT2D eigenvalue weighted by atomic mass is 16.1. The fraction of sp³-hybridized carbons (Fsp3) is 0.478. The number of rotatable bonds is 3. The zero-order valence-electron chi connectivity index (χ0n) is 18.1. The van der Waals surface area contributed by atoms with E-state index in [0.29, 0.717) is 18.2 Å². The Hall–Kier alpha value is -3.20. The standard InChI is InChI=1S/C23H28N8O/c32-20-13-23(6-2-1-3-7-23)31-19(28-20)12-16-14-26-22(29-21(16)31)27-18-5-4-17(15-25-18)30-10-8-24-9-11-30/h4-5,12,14-15,24H,1-3,6-11,13H2,(H,28,32)(H,25,26,27,29). The van der Waals surface area contributed by atoms with Crippen molar-refractivity contribution in [3.63, 3.8) is 0 Å². The van der Waals surface area contributed by atoms with Gasteiger partial charge < -0.3 is 25.4 Å². The molecule has 9 nitrogen and oxygen atoms in total. The van der Waals surface area contributed by atoms with Crippen LogP contribution in [0.4, 0.5) is 23.3 Å². The Balaban J connectivity index is 1.30. The van der Waals surface area contributed by atoms with E-state index in [4.69, 9.17) is 4.98 Å². The van der Waals surface area contributed by atoms with E-state index in [9.17, 15) is 4.79 Å². The number of anilines is 4. The second-order valence-electron chi connectivity index (χ2n) is 9.11. The third-order valence-corrected chi connectivity index (χ3v) is 7.03. The number of hydrogen-bond donors (Lipinski definition) is 3. The zero-order valence-corrected chi connectivity index (χ0v) is 18.1. The van der Waals surface area contributed by atoms with Crippen molar-refractivity contribution < 1.29 is 4.79 Å². The third-order valence-electron chi connectivity index (χ3n) is 7.03. The SMILES string of the molecule is O=C1CC2(CCCCC2)n2c(cc3cnc(Nc4ccc(N5CCNCC5)cn4)nc32)N1. The van der Waals surface area contributed by atoms with Crippen LogP contribution in [0.1, 0.15) is 38.5 Å². The van der Waals surface area contributed by atoms with Crippen LogP contribution in [0.15, 0.2) is 30.6 Å². The molecule has 3 aliphatic rings. The first-order valence-electron chi connectivity index (χ1n) is 11.6. The lowest BCUT2D eigenvalue weighted by Gasteiger charge is -2.42. The van der Waals surface area contributed by atoms with Gasteiger partial charge >= 0.3 is 0 Å². The maximum atomic E-state index is 12.4. The minimum atomic E-state index is -0.174. The predicted octanol–water partition coefficient (Wildman–Crippen LogP) is 2.98. The van der Waals surface area contributed by atoms with Gasteiger partial charge in [0.25, 0.3) is 0 Å². The topological polar surface area (TPSA) is 100 Å². The van der Waals surface area contributed by atoms with Crippen molar-refractivity contribution in [1.82, 2.24) is 24.8 Å². The molecule has 0 radical (unpaired) electrons. The lowest BCUT2D eigenvalue weighted by atomic mass is 9.78. The molecule has 1 aliphatic carbocycles. The van der Waals surface area contributed by atoms with Gasteiger partial charge in [0.1, 0.15) is 17.3 Å². The number of carbonyl (C=O) groups is 1. The van der Waals surface area contributed by atoms with Crippen molar-refractivity contribution in [3.05, 3.63) is 30.6 Å². The monoisotopic (exact) mass is 432 g/mol. The van der Waals surface area contributed by atoms with Gasteiger partial charge in [-0.25, -0.2) is 9.97 Å². The van der Waals surface area contributed by atoms with Gasteiger partial charge in [-0.05, 0) is 31.0 Å². The minimum Gasteiger partial charge on any atom is -0.368 e. The van der Waals surface area contributed by atoms with Crippen molar-refractivity contribution in [2.75, 3.05) is 41.7 Å². The summed E-state index contributed by atoms with van der Waals surface area (Å²) < 4.78 is 2.26. The van der Waals surface area contributed by atoms with Crippen LogP contribution in [-0.4, -0.2) is 51.6 Å². The molecule has 1 amide bonds. The molecule has 0 aromatic carbocycles. The molecule has 166 valence electrons. The molecule has 0 bridgehead atoms. The van der Waals surface area contributed by atoms with Gasteiger partial charge in [0.2, 0.25) is 11.9 Å². The molecule has 3 aromatic heterocycles. The summed E-state index contributed by atoms with van der Waals surface area (Å²) in [4.78, 5) is 28.7. The Kier molecular flexibility index (Phi) is 4.71. The summed E-state index contributed by atoms with van der Waals surface area (Å²) in [5.74, 6) is 2.17. The normalized spacial score (nSPS) is 20.2. The Bertz CT molecular complexity index is 1140. The molecule has 3 aromatic rings. The van der Waals surface area contributed by atoms with Crippen LogP contribution in [0.3, 0.4) is 0 Å². The van der Waals surface area contributed by atoms with Gasteiger partial charge in [-0.3, -0.25) is 4.79 Å². The van der Waals surface area contributed by atoms with Crippen LogP contribution in [0.2, 0.25) is 0 Å². The van der Waals surface area contributed by atoms with Gasteiger partial charge in [0.05, 0.1) is 23.8 Å². The van der Waals surface area contributed by atoms with Crippen molar-refractivity contribution in [2.45, 2.75) is 44.1 Å². The molecule has 9 heteroatoms. The molecule has 1 saturated carbocycles. The van der Waals surface area contributed by atoms with Crippen LogP contribution in [0.5, 0.6) is 0 Å². The van der Waals surface area contributed by atoms with E-state index in [1.807, 2.05) is 24.5 Å². The van der Waals surface area contributed by atoms with Gasteiger partial charge in [-0.1, -0.05) is 19.3 Å². The van der Waals surface area contributed by atoms with Crippen molar-refractivity contribution in [1.29, 1.82) is 0 Å². The molecule has 6 rings (SSSR count). The zero-order chi connectivity index (χ0) is 21.5. The number of piperazine rings is 1. The van der Waals surface area contributed by atoms with Crippen molar-refractivity contribution in [2.24, 2.45) is 0 Å². The molecule has 1 spiro atoms. The largest absolute Gasteiger partial charge is 0.368 e. The van der Waals surface area contributed by atoms with Gasteiger partial charge in [0.15, 0.2) is 0 Å². The second-order valence-corrected chi connectivity index (χ2v) is 9.11. The summed E-state index contributed by atoms with van der Waals surface area (Å²) in [5, 5.41) is 10.6. The van der Waals surface area contributed by atoms with Crippen LogP contribution >= 0.6 is 0 Å². The first-order chi connectivity index (χ1) is 15.7. The smallest absolute Gasteiger partial charge is 0.230 e. The number of nitrogens with one attached hydrogen (secondary N) is 3. The molecule has 2 fully saturated rings. The number of carbonyl (C=O) groups excluding carboxylic acids is 1. The average Bonchev–Trinajstić information content (AvgIpc) is 3.19. The van der Waals surface area contributed by atoms with Crippen LogP contribution < -0.4 is 20.9 Å². The molecule has 0 unspecified atom stereocenters. The maximum Gasteiger partial charge on any atom is 0.230 e. The molecular formula is C23H28N8O. The number of pyridine rings is 1. The Morgan fingerprint density at radius 3 is 2.66 bits per heavy atom. The lowest BCUT2D eigenvalue weighted by molar-refractivity contribution is -0.119. The number of nitrogens with zero attached hydrogens (tertiary/aromatic N) is 5. The van der Waals surface area contributed by atoms with Crippen molar-refractivity contribution >= 4 is 40.2 Å². The Morgan fingerprint density at radius 2 is 1.88 bits per heavy atom. The Morgan fingerprint density at radius 1 is 1.03 bits per heavy atom. The summed E-state index contributed by atoms with van der Waals surface area (Å²) in [7, 11) is 0. The Labute approximate surface area is 186 Å². The highest BCUT2D eigenvalue weighted by Gasteiger charge is 2.42. The summed E-state index contributed by atoms with van der Waals surface area (Å²) in [6, 6.07) is 6.05. The first kappa shape index (κ1) is 19.5. The van der Waals surface area contributed by atoms with Crippen LogP contribution in [-0.2, 0) is 10.3 Å². The number of amides is 1. The maximum absolute atomic E-state index is 12.4. The van der Waals surface area contributed by atoms with Crippen LogP contribution in [0.25, 0.3) is 11.0 Å². The fourth-order valence-corrected chi connectivity index (χ4v) is 5.48. The number of aromatic nitrogens is 4. The molecule has 32 heavy (non-hydrogen) atoms. The lowest BCUT2D eigenvalue weighted by Crippen LogP contribution is -2.44. The average molecular weight is 433 g/mol. The number of hydrogen-bond acceptors (Lipinski definition) is 7. The first-order valence-corrected chi connectivity index (χ1v) is 11.6. The molecule has 0 atom stereocenters. The quantitative estimate of drug-likeness (QED) is 0.585. The van der Waals surface area contributed by atoms with E-state index in [1.54, 1.807) is 0 Å². The second kappa shape index (κ2) is 7.74. The summed E-state index contributed by atoms with van der Waals surface area (Å²) in [6.07, 6.45) is 9.79. The summed E-state index contributed by atoms with van der Waals surface area (Å²) in [6.45, 7) is 3.98. The van der Waals surface area contributed by atoms with Crippen molar-refractivity contribution in [3.8, 4) is 0 Å². The molecule has 1 saturated heterocycles. The van der Waals surface area contributed by atoms with E-state index < -0.39 is 0 Å². The molecule has 5 heterocycles. The van der Waals surface area contributed by atoms with Gasteiger partial charge in [-0.15, -0.1) is 0 Å². The van der Waals surface area contributed by atoms with Gasteiger partial charge in [0, 0.05) is 37.8 Å². The minimum absolute atomic E-state index is 0.0993. The van der Waals surface area contributed by atoms with E-state index in [1.165, 1.54) is 6.42 Å². The van der Waals surface area contributed by atoms with E-state index >= 15 is 0 Å². The summed E-state index contributed by atoms with van der Waals surface area (Å²) >= 11 is 0. The molecule has 3 N–H and O–H groups in total. The van der Waals surface area contributed by atoms with E-state index in [2.05, 4.69) is 41.5 Å². The predicted molar refractivity (Wildman–Crippen MR) is 124 cm³/mol. The fourth-order valence-electron chi connectivity index (χ4n) is 5.48.